The third-order valence-electron chi connectivity index (χ3n) is 6.46. The second-order valence-corrected chi connectivity index (χ2v) is 8.54. The number of hydrogen-bond acceptors (Lipinski definition) is 8. The molecule has 0 N–H and O–H groups in total. The first-order chi connectivity index (χ1) is 17.6. The fraction of sp³-hybridized carbons (Fsp3) is 0.214. The van der Waals surface area contributed by atoms with Gasteiger partial charge >= 0.3 is 5.97 Å². The van der Waals surface area contributed by atoms with Gasteiger partial charge in [0.15, 0.2) is 17.3 Å². The molecule has 0 fully saturated rings. The third kappa shape index (κ3) is 3.62. The summed E-state index contributed by atoms with van der Waals surface area (Å²) in [6, 6.07) is 14.1. The lowest BCUT2D eigenvalue weighted by molar-refractivity contribution is -0.135. The van der Waals surface area contributed by atoms with E-state index in [1.165, 1.54) is 0 Å². The molecular formula is C28H22O8. The van der Waals surface area contributed by atoms with E-state index < -0.39 is 5.92 Å². The molecule has 3 aliphatic rings. The summed E-state index contributed by atoms with van der Waals surface area (Å²) in [5.74, 6) is 2.34. The van der Waals surface area contributed by atoms with E-state index in [-0.39, 0.29) is 23.9 Å². The minimum Gasteiger partial charge on any atom is -0.497 e. The van der Waals surface area contributed by atoms with Gasteiger partial charge in [-0.05, 0) is 42.0 Å². The van der Waals surface area contributed by atoms with Gasteiger partial charge in [-0.15, -0.1) is 0 Å². The van der Waals surface area contributed by atoms with E-state index in [1.54, 1.807) is 50.6 Å². The number of Topliss-reactive ketones (excluding diaryl/α,β-unsaturated/α-hetero) is 1. The number of benzene rings is 3. The first-order valence-corrected chi connectivity index (χ1v) is 11.5. The van der Waals surface area contributed by atoms with Crippen LogP contribution in [0.15, 0.2) is 54.3 Å². The van der Waals surface area contributed by atoms with Gasteiger partial charge in [0.2, 0.25) is 5.78 Å². The van der Waals surface area contributed by atoms with E-state index in [1.807, 2.05) is 18.2 Å². The second-order valence-electron chi connectivity index (χ2n) is 8.54. The number of methoxy groups -OCH3 is 2. The van der Waals surface area contributed by atoms with Crippen LogP contribution in [0, 0.1) is 0 Å². The maximum absolute atomic E-state index is 13.3. The maximum atomic E-state index is 13.3. The highest BCUT2D eigenvalue weighted by atomic mass is 16.6. The maximum Gasteiger partial charge on any atom is 0.312 e. The number of hydrogen-bond donors (Lipinski definition) is 0. The van der Waals surface area contributed by atoms with E-state index in [0.29, 0.717) is 58.8 Å². The lowest BCUT2D eigenvalue weighted by Gasteiger charge is -2.27. The predicted molar refractivity (Wildman–Crippen MR) is 128 cm³/mol. The Morgan fingerprint density at radius 1 is 0.861 bits per heavy atom. The van der Waals surface area contributed by atoms with Crippen molar-refractivity contribution in [3.8, 4) is 34.5 Å². The van der Waals surface area contributed by atoms with Crippen LogP contribution in [0.25, 0.3) is 6.08 Å². The molecule has 3 heterocycles. The highest BCUT2D eigenvalue weighted by molar-refractivity contribution is 6.15. The van der Waals surface area contributed by atoms with Gasteiger partial charge in [0.1, 0.15) is 36.2 Å². The SMILES string of the molecule is COc1ccc(C2CC(=O)Oc3ccc4c(c32)O/C(=C\c2ccc3c(c2)OCCO3)C4=O)c(OC)c1. The summed E-state index contributed by atoms with van der Waals surface area (Å²) in [5, 5.41) is 0. The largest absolute Gasteiger partial charge is 0.497 e. The van der Waals surface area contributed by atoms with Crippen molar-refractivity contribution in [3.63, 3.8) is 0 Å². The first-order valence-electron chi connectivity index (χ1n) is 11.5. The predicted octanol–water partition coefficient (Wildman–Crippen LogP) is 4.53. The Hall–Kier alpha value is -4.46. The quantitative estimate of drug-likeness (QED) is 0.302. The Morgan fingerprint density at radius 2 is 1.67 bits per heavy atom. The van der Waals surface area contributed by atoms with Crippen molar-refractivity contribution in [1.82, 2.24) is 0 Å². The van der Waals surface area contributed by atoms with Crippen molar-refractivity contribution in [2.75, 3.05) is 27.4 Å². The average molecular weight is 486 g/mol. The fourth-order valence-corrected chi connectivity index (χ4v) is 4.78. The number of ketones is 1. The Bertz CT molecular complexity index is 1440. The molecule has 1 unspecified atom stereocenters. The minimum absolute atomic E-state index is 0.0743. The van der Waals surface area contributed by atoms with Crippen LogP contribution in [0.1, 0.15) is 39.4 Å². The van der Waals surface area contributed by atoms with Crippen LogP contribution in [0.3, 0.4) is 0 Å². The van der Waals surface area contributed by atoms with Gasteiger partial charge in [0.05, 0.1) is 26.2 Å². The summed E-state index contributed by atoms with van der Waals surface area (Å²) in [6.07, 6.45) is 1.75. The van der Waals surface area contributed by atoms with Crippen molar-refractivity contribution in [1.29, 1.82) is 0 Å². The summed E-state index contributed by atoms with van der Waals surface area (Å²) in [7, 11) is 3.13. The lowest BCUT2D eigenvalue weighted by Crippen LogP contribution is -2.22. The molecule has 0 saturated heterocycles. The van der Waals surface area contributed by atoms with Gasteiger partial charge in [-0.2, -0.15) is 0 Å². The number of rotatable bonds is 4. The zero-order chi connectivity index (χ0) is 24.8. The van der Waals surface area contributed by atoms with E-state index >= 15 is 0 Å². The molecule has 8 nitrogen and oxygen atoms in total. The summed E-state index contributed by atoms with van der Waals surface area (Å²) in [6.45, 7) is 0.967. The van der Waals surface area contributed by atoms with Gasteiger partial charge in [-0.25, -0.2) is 0 Å². The molecule has 182 valence electrons. The molecule has 36 heavy (non-hydrogen) atoms. The van der Waals surface area contributed by atoms with E-state index in [0.717, 1.165) is 11.1 Å². The van der Waals surface area contributed by atoms with Gasteiger partial charge in [-0.1, -0.05) is 12.1 Å². The van der Waals surface area contributed by atoms with Gasteiger partial charge in [-0.3, -0.25) is 9.59 Å². The van der Waals surface area contributed by atoms with Crippen molar-refractivity contribution in [2.24, 2.45) is 0 Å². The Kier molecular flexibility index (Phi) is 5.29. The highest BCUT2D eigenvalue weighted by Crippen LogP contribution is 2.50. The molecule has 3 aromatic rings. The molecule has 0 aliphatic carbocycles. The smallest absolute Gasteiger partial charge is 0.312 e. The molecule has 0 amide bonds. The summed E-state index contributed by atoms with van der Waals surface area (Å²) >= 11 is 0. The van der Waals surface area contributed by atoms with Crippen LogP contribution in [0.2, 0.25) is 0 Å². The monoisotopic (exact) mass is 486 g/mol. The number of carbonyl (C=O) groups is 2. The molecule has 8 heteroatoms. The topological polar surface area (TPSA) is 89.5 Å². The Balaban J connectivity index is 1.42. The molecule has 3 aromatic carbocycles. The van der Waals surface area contributed by atoms with E-state index in [2.05, 4.69) is 0 Å². The lowest BCUT2D eigenvalue weighted by atomic mass is 9.84. The van der Waals surface area contributed by atoms with Crippen molar-refractivity contribution in [2.45, 2.75) is 12.3 Å². The molecule has 1 atom stereocenters. The Morgan fingerprint density at radius 3 is 2.47 bits per heavy atom. The number of ether oxygens (including phenoxy) is 6. The molecule has 0 saturated carbocycles. The van der Waals surface area contributed by atoms with Crippen LogP contribution < -0.4 is 28.4 Å². The highest BCUT2D eigenvalue weighted by Gasteiger charge is 2.39. The number of fused-ring (bicyclic) bond motifs is 4. The van der Waals surface area contributed by atoms with Crippen LogP contribution in [-0.4, -0.2) is 39.2 Å². The van der Waals surface area contributed by atoms with Crippen molar-refractivity contribution < 1.29 is 38.0 Å². The van der Waals surface area contributed by atoms with Gasteiger partial charge < -0.3 is 28.4 Å². The van der Waals surface area contributed by atoms with Crippen LogP contribution in [0.4, 0.5) is 0 Å². The van der Waals surface area contributed by atoms with E-state index in [4.69, 9.17) is 28.4 Å². The molecular weight excluding hydrogens is 464 g/mol. The van der Waals surface area contributed by atoms with Crippen LogP contribution >= 0.6 is 0 Å². The van der Waals surface area contributed by atoms with Crippen molar-refractivity contribution in [3.05, 3.63) is 76.5 Å². The van der Waals surface area contributed by atoms with E-state index in [9.17, 15) is 9.59 Å². The number of carbonyl (C=O) groups excluding carboxylic acids is 2. The number of esters is 1. The van der Waals surface area contributed by atoms with Crippen LogP contribution in [-0.2, 0) is 4.79 Å². The van der Waals surface area contributed by atoms with Crippen molar-refractivity contribution >= 4 is 17.8 Å². The molecule has 6 rings (SSSR count). The standard InChI is InChI=1S/C28H22O8/c1-31-16-4-5-17(22(13-16)32-2)19-14-25(29)35-21-8-6-18-27(30)24(36-28(18)26(19)21)12-15-3-7-20-23(11-15)34-10-9-33-20/h3-8,11-13,19H,9-10,14H2,1-2H3/b24-12-. The Labute approximate surface area is 206 Å². The normalized spacial score (nSPS) is 18.7. The van der Waals surface area contributed by atoms with Gasteiger partial charge in [0.25, 0.3) is 0 Å². The van der Waals surface area contributed by atoms with Crippen LogP contribution in [0.5, 0.6) is 34.5 Å². The molecule has 3 aliphatic heterocycles. The molecule has 0 bridgehead atoms. The molecule has 0 aromatic heterocycles. The third-order valence-corrected chi connectivity index (χ3v) is 6.46. The zero-order valence-corrected chi connectivity index (χ0v) is 19.7. The summed E-state index contributed by atoms with van der Waals surface area (Å²) < 4.78 is 33.8. The van der Waals surface area contributed by atoms with Gasteiger partial charge in [0, 0.05) is 23.1 Å². The fourth-order valence-electron chi connectivity index (χ4n) is 4.78. The number of allylic oxidation sites excluding steroid dienone is 1. The summed E-state index contributed by atoms with van der Waals surface area (Å²) in [4.78, 5) is 25.8. The average Bonchev–Trinajstić information content (AvgIpc) is 3.22. The molecule has 0 spiro atoms. The second kappa shape index (κ2) is 8.64. The zero-order valence-electron chi connectivity index (χ0n) is 19.7. The summed E-state index contributed by atoms with van der Waals surface area (Å²) in [5.41, 5.74) is 2.55. The molecule has 0 radical (unpaired) electrons. The first kappa shape index (κ1) is 22.0. The minimum atomic E-state index is -0.432.